The lowest BCUT2D eigenvalue weighted by Crippen LogP contribution is -2.32. The van der Waals surface area contributed by atoms with E-state index in [1.165, 1.54) is 18.2 Å². The van der Waals surface area contributed by atoms with E-state index in [1.54, 1.807) is 18.2 Å². The van der Waals surface area contributed by atoms with Gasteiger partial charge in [0.15, 0.2) is 5.11 Å². The molecule has 0 saturated carbocycles. The molecule has 0 aliphatic rings. The summed E-state index contributed by atoms with van der Waals surface area (Å²) >= 11 is 5.08. The van der Waals surface area contributed by atoms with E-state index in [0.717, 1.165) is 16.3 Å². The zero-order valence-electron chi connectivity index (χ0n) is 13.2. The largest absolute Gasteiger partial charge is 0.332 e. The molecule has 25 heavy (non-hydrogen) atoms. The van der Waals surface area contributed by atoms with Crippen LogP contribution < -0.4 is 10.6 Å². The summed E-state index contributed by atoms with van der Waals surface area (Å²) in [4.78, 5) is 12.0. The van der Waals surface area contributed by atoms with Crippen molar-refractivity contribution in [2.75, 3.05) is 5.32 Å². The lowest BCUT2D eigenvalue weighted by molar-refractivity contribution is -0.115. The molecule has 0 radical (unpaired) electrons. The molecule has 0 bridgehead atoms. The Bertz CT molecular complexity index is 946. The van der Waals surface area contributed by atoms with E-state index >= 15 is 0 Å². The number of hydrogen-bond donors (Lipinski definition) is 2. The molecule has 0 aliphatic carbocycles. The maximum absolute atomic E-state index is 12.9. The predicted molar refractivity (Wildman–Crippen MR) is 104 cm³/mol. The van der Waals surface area contributed by atoms with E-state index in [9.17, 15) is 9.18 Å². The number of halogens is 1. The van der Waals surface area contributed by atoms with Crippen molar-refractivity contribution < 1.29 is 9.18 Å². The van der Waals surface area contributed by atoms with Crippen molar-refractivity contribution in [3.63, 3.8) is 0 Å². The van der Waals surface area contributed by atoms with Crippen LogP contribution in [0.2, 0.25) is 0 Å². The summed E-state index contributed by atoms with van der Waals surface area (Å²) in [6.07, 6.45) is 3.18. The first-order chi connectivity index (χ1) is 12.1. The van der Waals surface area contributed by atoms with Crippen molar-refractivity contribution in [1.82, 2.24) is 5.32 Å². The molecule has 3 aromatic carbocycles. The molecule has 0 unspecified atom stereocenters. The van der Waals surface area contributed by atoms with Gasteiger partial charge in [-0.05, 0) is 58.9 Å². The third-order valence-corrected chi connectivity index (χ3v) is 3.78. The molecule has 5 heteroatoms. The van der Waals surface area contributed by atoms with Crippen molar-refractivity contribution in [2.45, 2.75) is 0 Å². The molecule has 0 saturated heterocycles. The smallest absolute Gasteiger partial charge is 0.250 e. The van der Waals surface area contributed by atoms with E-state index in [0.29, 0.717) is 5.69 Å². The van der Waals surface area contributed by atoms with Gasteiger partial charge in [-0.15, -0.1) is 0 Å². The monoisotopic (exact) mass is 350 g/mol. The summed E-state index contributed by atoms with van der Waals surface area (Å²) in [5, 5.41) is 7.72. The summed E-state index contributed by atoms with van der Waals surface area (Å²) < 4.78 is 12.9. The first kappa shape index (κ1) is 16.8. The lowest BCUT2D eigenvalue weighted by atomic mass is 10.0. The average Bonchev–Trinajstić information content (AvgIpc) is 2.62. The van der Waals surface area contributed by atoms with E-state index in [4.69, 9.17) is 12.2 Å². The highest BCUT2D eigenvalue weighted by molar-refractivity contribution is 7.80. The zero-order chi connectivity index (χ0) is 17.6. The molecule has 1 amide bonds. The molecule has 0 aromatic heterocycles. The minimum Gasteiger partial charge on any atom is -0.332 e. The molecule has 3 nitrogen and oxygen atoms in total. The molecule has 3 rings (SSSR count). The van der Waals surface area contributed by atoms with Crippen LogP contribution in [0.3, 0.4) is 0 Å². The Balaban J connectivity index is 1.64. The molecular formula is C20H15FN2OS. The zero-order valence-corrected chi connectivity index (χ0v) is 14.0. The molecule has 3 aromatic rings. The summed E-state index contributed by atoms with van der Waals surface area (Å²) in [7, 11) is 0. The number of carbonyl (C=O) groups is 1. The van der Waals surface area contributed by atoms with Crippen LogP contribution in [0.4, 0.5) is 10.1 Å². The van der Waals surface area contributed by atoms with Gasteiger partial charge in [0.05, 0.1) is 0 Å². The topological polar surface area (TPSA) is 41.1 Å². The third kappa shape index (κ3) is 4.49. The minimum atomic E-state index is -0.340. The Hall–Kier alpha value is -3.05. The molecule has 0 heterocycles. The number of fused-ring (bicyclic) bond motifs is 1. The van der Waals surface area contributed by atoms with E-state index in [-0.39, 0.29) is 16.8 Å². The van der Waals surface area contributed by atoms with E-state index < -0.39 is 0 Å². The van der Waals surface area contributed by atoms with Crippen LogP contribution in [0.25, 0.3) is 16.8 Å². The molecule has 0 atom stereocenters. The van der Waals surface area contributed by atoms with Crippen LogP contribution in [0.1, 0.15) is 5.56 Å². The fourth-order valence-corrected chi connectivity index (χ4v) is 2.63. The number of thiocarbonyl (C=S) groups is 1. The van der Waals surface area contributed by atoms with Crippen molar-refractivity contribution in [3.8, 4) is 0 Å². The Kier molecular flexibility index (Phi) is 5.16. The highest BCUT2D eigenvalue weighted by atomic mass is 32.1. The average molecular weight is 350 g/mol. The maximum Gasteiger partial charge on any atom is 0.250 e. The van der Waals surface area contributed by atoms with Crippen LogP contribution in [-0.2, 0) is 4.79 Å². The van der Waals surface area contributed by atoms with Crippen LogP contribution >= 0.6 is 12.2 Å². The van der Waals surface area contributed by atoms with Crippen molar-refractivity contribution in [3.05, 3.63) is 84.2 Å². The number of hydrogen-bond acceptors (Lipinski definition) is 2. The Morgan fingerprint density at radius 1 is 0.960 bits per heavy atom. The molecular weight excluding hydrogens is 335 g/mol. The second kappa shape index (κ2) is 7.68. The Labute approximate surface area is 150 Å². The van der Waals surface area contributed by atoms with Gasteiger partial charge in [0, 0.05) is 11.8 Å². The van der Waals surface area contributed by atoms with E-state index in [2.05, 4.69) is 10.6 Å². The highest BCUT2D eigenvalue weighted by Gasteiger charge is 2.03. The van der Waals surface area contributed by atoms with Gasteiger partial charge in [-0.1, -0.05) is 42.5 Å². The van der Waals surface area contributed by atoms with Crippen molar-refractivity contribution in [1.29, 1.82) is 0 Å². The molecule has 0 spiro atoms. The summed E-state index contributed by atoms with van der Waals surface area (Å²) in [5.41, 5.74) is 1.55. The lowest BCUT2D eigenvalue weighted by Gasteiger charge is -2.08. The van der Waals surface area contributed by atoms with Crippen LogP contribution in [0, 0.1) is 5.82 Å². The van der Waals surface area contributed by atoms with Crippen molar-refractivity contribution >= 4 is 45.8 Å². The van der Waals surface area contributed by atoms with Gasteiger partial charge >= 0.3 is 0 Å². The first-order valence-electron chi connectivity index (χ1n) is 7.65. The standard InChI is InChI=1S/C20H15FN2OS/c21-16-9-11-17(12-10-16)22-20(25)23-19(24)13-8-15-6-3-5-14-4-1-2-7-18(14)15/h1-13H,(H2,22,23,24,25). The normalized spacial score (nSPS) is 10.8. The maximum atomic E-state index is 12.9. The number of carbonyl (C=O) groups excluding carboxylic acids is 1. The minimum absolute atomic E-state index is 0.152. The number of benzene rings is 3. The first-order valence-corrected chi connectivity index (χ1v) is 8.06. The van der Waals surface area contributed by atoms with E-state index in [1.807, 2.05) is 42.5 Å². The van der Waals surface area contributed by atoms with Gasteiger partial charge < -0.3 is 5.32 Å². The second-order valence-electron chi connectivity index (χ2n) is 5.35. The van der Waals surface area contributed by atoms with Crippen LogP contribution in [0.15, 0.2) is 72.8 Å². The van der Waals surface area contributed by atoms with Gasteiger partial charge in [-0.25, -0.2) is 4.39 Å². The van der Waals surface area contributed by atoms with Gasteiger partial charge in [0.2, 0.25) is 5.91 Å². The van der Waals surface area contributed by atoms with Gasteiger partial charge in [0.25, 0.3) is 0 Å². The summed E-state index contributed by atoms with van der Waals surface area (Å²) in [5.74, 6) is -0.675. The number of amides is 1. The number of anilines is 1. The third-order valence-electron chi connectivity index (χ3n) is 3.58. The predicted octanol–water partition coefficient (Wildman–Crippen LogP) is 4.51. The SMILES string of the molecule is O=C(C=Cc1cccc2ccccc12)NC(=S)Nc1ccc(F)cc1. The summed E-state index contributed by atoms with van der Waals surface area (Å²) in [6, 6.07) is 19.6. The highest BCUT2D eigenvalue weighted by Crippen LogP contribution is 2.19. The van der Waals surface area contributed by atoms with Gasteiger partial charge in [0.1, 0.15) is 5.82 Å². The van der Waals surface area contributed by atoms with Crippen LogP contribution in [0.5, 0.6) is 0 Å². The molecule has 0 fully saturated rings. The quantitative estimate of drug-likeness (QED) is 0.540. The fourth-order valence-electron chi connectivity index (χ4n) is 2.41. The Morgan fingerprint density at radius 3 is 2.48 bits per heavy atom. The molecule has 124 valence electrons. The number of rotatable bonds is 3. The van der Waals surface area contributed by atoms with Crippen LogP contribution in [-0.4, -0.2) is 11.0 Å². The number of nitrogens with one attached hydrogen (secondary N) is 2. The van der Waals surface area contributed by atoms with Crippen molar-refractivity contribution in [2.24, 2.45) is 0 Å². The summed E-state index contributed by atoms with van der Waals surface area (Å²) in [6.45, 7) is 0. The van der Waals surface area contributed by atoms with Gasteiger partial charge in [-0.3, -0.25) is 10.1 Å². The molecule has 2 N–H and O–H groups in total. The Morgan fingerprint density at radius 2 is 1.68 bits per heavy atom. The fraction of sp³-hybridized carbons (Fsp3) is 0. The second-order valence-corrected chi connectivity index (χ2v) is 5.76. The van der Waals surface area contributed by atoms with Gasteiger partial charge in [-0.2, -0.15) is 0 Å². The molecule has 0 aliphatic heterocycles.